The monoisotopic (exact) mass is 401 g/mol. The van der Waals surface area contributed by atoms with E-state index in [1.54, 1.807) is 6.07 Å². The molecule has 3 rings (SSSR count). The molecular formula is C22H31N3O4. The molecule has 0 radical (unpaired) electrons. The topological polar surface area (TPSA) is 97.1 Å². The lowest BCUT2D eigenvalue weighted by molar-refractivity contribution is 0.0852. The molecule has 29 heavy (non-hydrogen) atoms. The summed E-state index contributed by atoms with van der Waals surface area (Å²) in [5.74, 6) is 0.330. The smallest absolute Gasteiger partial charge is 0.407 e. The van der Waals surface area contributed by atoms with Gasteiger partial charge < -0.3 is 25.1 Å². The maximum Gasteiger partial charge on any atom is 0.407 e. The van der Waals surface area contributed by atoms with Gasteiger partial charge in [-0.1, -0.05) is 18.2 Å². The molecule has 2 aromatic rings. The highest BCUT2D eigenvalue weighted by Crippen LogP contribution is 2.31. The Bertz CT molecular complexity index is 857. The van der Waals surface area contributed by atoms with Crippen molar-refractivity contribution >= 4 is 22.7 Å². The number of rotatable bonds is 5. The van der Waals surface area contributed by atoms with Crippen molar-refractivity contribution in [3.63, 3.8) is 0 Å². The Morgan fingerprint density at radius 1 is 1.24 bits per heavy atom. The van der Waals surface area contributed by atoms with Crippen LogP contribution in [0.25, 0.3) is 10.9 Å². The molecule has 1 amide bonds. The highest BCUT2D eigenvalue weighted by atomic mass is 16.4. The Kier molecular flexibility index (Phi) is 6.29. The predicted molar refractivity (Wildman–Crippen MR) is 113 cm³/mol. The maximum atomic E-state index is 11.6. The van der Waals surface area contributed by atoms with Crippen molar-refractivity contribution in [2.75, 3.05) is 31.1 Å². The van der Waals surface area contributed by atoms with Gasteiger partial charge in [0.1, 0.15) is 6.10 Å². The molecule has 1 unspecified atom stereocenters. The molecular weight excluding hydrogens is 370 g/mol. The van der Waals surface area contributed by atoms with Gasteiger partial charge in [-0.2, -0.15) is 0 Å². The van der Waals surface area contributed by atoms with E-state index in [2.05, 4.69) is 9.88 Å². The van der Waals surface area contributed by atoms with Crippen LogP contribution in [0.5, 0.6) is 0 Å². The number of aliphatic hydroxyl groups is 2. The van der Waals surface area contributed by atoms with E-state index in [9.17, 15) is 20.1 Å². The number of hydrogen-bond acceptors (Lipinski definition) is 5. The number of carbonyl (C=O) groups is 1. The summed E-state index contributed by atoms with van der Waals surface area (Å²) in [5, 5.41) is 29.7. The first-order chi connectivity index (χ1) is 13.7. The summed E-state index contributed by atoms with van der Waals surface area (Å²) in [6.45, 7) is 7.63. The Balaban J connectivity index is 1.75. The van der Waals surface area contributed by atoms with E-state index in [0.717, 1.165) is 42.5 Å². The zero-order valence-electron chi connectivity index (χ0n) is 17.4. The molecule has 1 aliphatic rings. The van der Waals surface area contributed by atoms with Crippen LogP contribution < -0.4 is 4.90 Å². The van der Waals surface area contributed by atoms with E-state index in [1.165, 1.54) is 4.90 Å². The number of benzene rings is 1. The van der Waals surface area contributed by atoms with Crippen LogP contribution in [0.15, 0.2) is 30.3 Å². The van der Waals surface area contributed by atoms with Crippen LogP contribution in [0.1, 0.15) is 45.4 Å². The van der Waals surface area contributed by atoms with Crippen molar-refractivity contribution in [1.29, 1.82) is 0 Å². The minimum absolute atomic E-state index is 0.330. The number of carboxylic acid groups (broad SMARTS) is 1. The highest BCUT2D eigenvalue weighted by Gasteiger charge is 2.30. The van der Waals surface area contributed by atoms with Crippen molar-refractivity contribution in [1.82, 2.24) is 9.88 Å². The van der Waals surface area contributed by atoms with Gasteiger partial charge in [0.25, 0.3) is 0 Å². The second-order valence-electron chi connectivity index (χ2n) is 8.78. The van der Waals surface area contributed by atoms with Gasteiger partial charge in [-0.3, -0.25) is 0 Å². The van der Waals surface area contributed by atoms with Crippen LogP contribution in [0, 0.1) is 5.92 Å². The lowest BCUT2D eigenvalue weighted by Gasteiger charge is -2.39. The third-order valence-electron chi connectivity index (χ3n) is 5.67. The van der Waals surface area contributed by atoms with Crippen molar-refractivity contribution in [3.05, 3.63) is 36.0 Å². The van der Waals surface area contributed by atoms with Crippen LogP contribution in [0.4, 0.5) is 10.5 Å². The van der Waals surface area contributed by atoms with E-state index in [-0.39, 0.29) is 6.61 Å². The standard InChI is InChI=1S/C22H31N3O4/c1-22(2,3)25(21(28)29)13-15-9-11-24(12-10-15)18-6-4-5-16-7-8-17(19(27)14-26)23-20(16)18/h4-8,15,19,26-27H,9-14H2,1-3H3,(H,28,29). The van der Waals surface area contributed by atoms with Crippen LogP contribution in [0.3, 0.4) is 0 Å². The molecule has 0 spiro atoms. The number of aliphatic hydroxyl groups excluding tert-OH is 2. The quantitative estimate of drug-likeness (QED) is 0.712. The second kappa shape index (κ2) is 8.55. The van der Waals surface area contributed by atoms with Gasteiger partial charge in [0.05, 0.1) is 23.5 Å². The number of nitrogens with zero attached hydrogens (tertiary/aromatic N) is 3. The zero-order chi connectivity index (χ0) is 21.2. The fraction of sp³-hybridized carbons (Fsp3) is 0.545. The van der Waals surface area contributed by atoms with Gasteiger partial charge in [0.15, 0.2) is 0 Å². The molecule has 1 aromatic heterocycles. The minimum Gasteiger partial charge on any atom is -0.465 e. The van der Waals surface area contributed by atoms with E-state index in [1.807, 2.05) is 45.0 Å². The predicted octanol–water partition coefficient (Wildman–Crippen LogP) is 3.26. The first-order valence-electron chi connectivity index (χ1n) is 10.1. The largest absolute Gasteiger partial charge is 0.465 e. The van der Waals surface area contributed by atoms with Crippen molar-refractivity contribution in [3.8, 4) is 0 Å². The van der Waals surface area contributed by atoms with Crippen LogP contribution in [0.2, 0.25) is 0 Å². The van der Waals surface area contributed by atoms with E-state index >= 15 is 0 Å². The van der Waals surface area contributed by atoms with Gasteiger partial charge in [-0.15, -0.1) is 0 Å². The molecule has 0 bridgehead atoms. The Morgan fingerprint density at radius 2 is 1.93 bits per heavy atom. The van der Waals surface area contributed by atoms with Crippen molar-refractivity contribution < 1.29 is 20.1 Å². The van der Waals surface area contributed by atoms with E-state index in [4.69, 9.17) is 0 Å². The van der Waals surface area contributed by atoms with Gasteiger partial charge in [0.2, 0.25) is 0 Å². The van der Waals surface area contributed by atoms with Gasteiger partial charge in [-0.25, -0.2) is 9.78 Å². The zero-order valence-corrected chi connectivity index (χ0v) is 17.4. The van der Waals surface area contributed by atoms with E-state index < -0.39 is 17.7 Å². The number of aromatic nitrogens is 1. The number of amides is 1. The fourth-order valence-corrected chi connectivity index (χ4v) is 3.93. The van der Waals surface area contributed by atoms with Crippen LogP contribution in [-0.4, -0.2) is 63.1 Å². The number of anilines is 1. The van der Waals surface area contributed by atoms with Crippen molar-refractivity contribution in [2.24, 2.45) is 5.92 Å². The third-order valence-corrected chi connectivity index (χ3v) is 5.67. The van der Waals surface area contributed by atoms with Gasteiger partial charge in [0, 0.05) is 30.6 Å². The number of para-hydroxylation sites is 1. The second-order valence-corrected chi connectivity index (χ2v) is 8.78. The molecule has 1 aromatic carbocycles. The summed E-state index contributed by atoms with van der Waals surface area (Å²) < 4.78 is 0. The summed E-state index contributed by atoms with van der Waals surface area (Å²) >= 11 is 0. The normalized spacial score (nSPS) is 16.8. The summed E-state index contributed by atoms with van der Waals surface area (Å²) in [7, 11) is 0. The number of fused-ring (bicyclic) bond motifs is 1. The summed E-state index contributed by atoms with van der Waals surface area (Å²) in [6.07, 6.45) is -0.0320. The molecule has 1 fully saturated rings. The summed E-state index contributed by atoms with van der Waals surface area (Å²) in [6, 6.07) is 9.68. The number of pyridine rings is 1. The molecule has 2 heterocycles. The molecule has 1 aliphatic heterocycles. The van der Waals surface area contributed by atoms with Crippen LogP contribution in [-0.2, 0) is 0 Å². The number of piperidine rings is 1. The summed E-state index contributed by atoms with van der Waals surface area (Å²) in [4.78, 5) is 20.1. The minimum atomic E-state index is -0.988. The Morgan fingerprint density at radius 3 is 2.52 bits per heavy atom. The molecule has 7 nitrogen and oxygen atoms in total. The molecule has 1 saturated heterocycles. The Hall–Kier alpha value is -2.38. The first-order valence-corrected chi connectivity index (χ1v) is 10.1. The number of hydrogen-bond donors (Lipinski definition) is 3. The molecule has 7 heteroatoms. The molecule has 3 N–H and O–H groups in total. The highest BCUT2D eigenvalue weighted by molar-refractivity contribution is 5.91. The lowest BCUT2D eigenvalue weighted by Crippen LogP contribution is -2.49. The third kappa shape index (κ3) is 4.79. The molecule has 0 saturated carbocycles. The van der Waals surface area contributed by atoms with Gasteiger partial charge in [-0.05, 0) is 51.7 Å². The average molecular weight is 402 g/mol. The van der Waals surface area contributed by atoms with E-state index in [0.29, 0.717) is 18.2 Å². The van der Waals surface area contributed by atoms with Crippen LogP contribution >= 0.6 is 0 Å². The van der Waals surface area contributed by atoms with Crippen molar-refractivity contribution in [2.45, 2.75) is 45.3 Å². The molecule has 0 aliphatic carbocycles. The SMILES string of the molecule is CC(C)(C)N(CC1CCN(c2cccc3ccc(C(O)CO)nc23)CC1)C(=O)O. The molecule has 158 valence electrons. The lowest BCUT2D eigenvalue weighted by atomic mass is 9.93. The molecule has 1 atom stereocenters. The first kappa shape index (κ1) is 21.3. The maximum absolute atomic E-state index is 11.6. The Labute approximate surface area is 171 Å². The fourth-order valence-electron chi connectivity index (χ4n) is 3.93. The summed E-state index contributed by atoms with van der Waals surface area (Å²) in [5.41, 5.74) is 1.88. The van der Waals surface area contributed by atoms with Gasteiger partial charge >= 0.3 is 6.09 Å². The average Bonchev–Trinajstić information content (AvgIpc) is 2.70.